The summed E-state index contributed by atoms with van der Waals surface area (Å²) >= 11 is 0. The Morgan fingerprint density at radius 1 is 1.16 bits per heavy atom. The van der Waals surface area contributed by atoms with Crippen molar-refractivity contribution < 1.29 is 17.9 Å². The van der Waals surface area contributed by atoms with Gasteiger partial charge in [0, 0.05) is 49.4 Å². The zero-order valence-corrected chi connectivity index (χ0v) is 15.1. The van der Waals surface area contributed by atoms with E-state index in [1.165, 1.54) is 23.6 Å². The molecule has 0 spiro atoms. The molecule has 0 aliphatic carbocycles. The van der Waals surface area contributed by atoms with Crippen LogP contribution in [-0.2, 0) is 14.8 Å². The maximum atomic E-state index is 13.2. The molecule has 2 aromatic rings. The average Bonchev–Trinajstić information content (AvgIpc) is 2.80. The van der Waals surface area contributed by atoms with Crippen molar-refractivity contribution in [1.29, 1.82) is 0 Å². The Balaban J connectivity index is 2.03. The van der Waals surface area contributed by atoms with E-state index in [1.54, 1.807) is 30.0 Å². The molecule has 1 aliphatic rings. The first-order valence-electron chi connectivity index (χ1n) is 8.18. The van der Waals surface area contributed by atoms with Crippen molar-refractivity contribution >= 4 is 26.7 Å². The van der Waals surface area contributed by atoms with Gasteiger partial charge in [-0.25, -0.2) is 8.42 Å². The van der Waals surface area contributed by atoms with E-state index in [2.05, 4.69) is 0 Å². The van der Waals surface area contributed by atoms with E-state index in [0.29, 0.717) is 47.1 Å². The van der Waals surface area contributed by atoms with Crippen LogP contribution in [0.25, 0.3) is 10.8 Å². The summed E-state index contributed by atoms with van der Waals surface area (Å²) in [7, 11) is -3.71. The quantitative estimate of drug-likeness (QED) is 0.589. The Hall–Kier alpha value is -2.19. The van der Waals surface area contributed by atoms with Crippen molar-refractivity contribution in [2.75, 3.05) is 26.2 Å². The highest BCUT2D eigenvalue weighted by Gasteiger charge is 2.29. The molecule has 0 radical (unpaired) electrons. The van der Waals surface area contributed by atoms with Crippen molar-refractivity contribution in [3.05, 3.63) is 41.4 Å². The zero-order chi connectivity index (χ0) is 18.2. The molecule has 2 heterocycles. The molecule has 3 rings (SSSR count). The number of fused-ring (bicyclic) bond motifs is 1. The second-order valence-electron chi connectivity index (χ2n) is 6.29. The SMILES string of the molecule is CC(=O)N1CCCN(S(=O)(=O)c2cccc3c[n+]([O-])cc(C)c23)CC1. The molecule has 134 valence electrons. The maximum Gasteiger partial charge on any atom is 0.243 e. The van der Waals surface area contributed by atoms with E-state index in [0.717, 1.165) is 0 Å². The first-order valence-corrected chi connectivity index (χ1v) is 9.62. The van der Waals surface area contributed by atoms with E-state index in [-0.39, 0.29) is 17.3 Å². The number of benzene rings is 1. The molecule has 0 unspecified atom stereocenters. The van der Waals surface area contributed by atoms with Gasteiger partial charge in [0.15, 0.2) is 12.4 Å². The third-order valence-electron chi connectivity index (χ3n) is 4.56. The van der Waals surface area contributed by atoms with Crippen molar-refractivity contribution in [3.8, 4) is 0 Å². The number of pyridine rings is 1. The standard InChI is InChI=1S/C17H21N3O4S/c1-13-11-19(22)12-15-5-3-6-16(17(13)15)25(23,24)20-8-4-7-18(9-10-20)14(2)21/h3,5-6,11-12H,4,7-10H2,1-2H3. The molecule has 1 aromatic carbocycles. The summed E-state index contributed by atoms with van der Waals surface area (Å²) in [6, 6.07) is 4.96. The Kier molecular flexibility index (Phi) is 4.66. The number of amides is 1. The van der Waals surface area contributed by atoms with Crippen LogP contribution in [0.2, 0.25) is 0 Å². The second kappa shape index (κ2) is 6.61. The molecule has 1 aliphatic heterocycles. The van der Waals surface area contributed by atoms with Crippen molar-refractivity contribution in [2.24, 2.45) is 0 Å². The van der Waals surface area contributed by atoms with Gasteiger partial charge in [-0.1, -0.05) is 6.07 Å². The maximum absolute atomic E-state index is 13.2. The number of carbonyl (C=O) groups is 1. The summed E-state index contributed by atoms with van der Waals surface area (Å²) in [4.78, 5) is 13.4. The van der Waals surface area contributed by atoms with Crippen LogP contribution >= 0.6 is 0 Å². The number of rotatable bonds is 2. The first kappa shape index (κ1) is 17.6. The van der Waals surface area contributed by atoms with Gasteiger partial charge < -0.3 is 10.1 Å². The molecule has 0 atom stereocenters. The van der Waals surface area contributed by atoms with Crippen molar-refractivity contribution in [3.63, 3.8) is 0 Å². The number of aromatic nitrogens is 1. The molecule has 0 saturated carbocycles. The number of hydrogen-bond acceptors (Lipinski definition) is 4. The van der Waals surface area contributed by atoms with Crippen LogP contribution in [0, 0.1) is 12.1 Å². The lowest BCUT2D eigenvalue weighted by Crippen LogP contribution is -2.36. The lowest BCUT2D eigenvalue weighted by Gasteiger charge is -2.22. The van der Waals surface area contributed by atoms with Crippen LogP contribution in [0.5, 0.6) is 0 Å². The highest BCUT2D eigenvalue weighted by atomic mass is 32.2. The van der Waals surface area contributed by atoms with Crippen molar-refractivity contribution in [1.82, 2.24) is 9.21 Å². The minimum atomic E-state index is -3.71. The lowest BCUT2D eigenvalue weighted by molar-refractivity contribution is -0.604. The van der Waals surface area contributed by atoms with Gasteiger partial charge >= 0.3 is 0 Å². The van der Waals surface area contributed by atoms with Crippen LogP contribution in [0.15, 0.2) is 35.5 Å². The monoisotopic (exact) mass is 363 g/mol. The second-order valence-corrected chi connectivity index (χ2v) is 8.19. The van der Waals surface area contributed by atoms with Crippen LogP contribution in [0.4, 0.5) is 0 Å². The summed E-state index contributed by atoms with van der Waals surface area (Å²) in [6.45, 7) is 4.82. The Morgan fingerprint density at radius 3 is 2.64 bits per heavy atom. The zero-order valence-electron chi connectivity index (χ0n) is 14.3. The minimum Gasteiger partial charge on any atom is -0.619 e. The normalized spacial score (nSPS) is 16.8. The molecule has 0 N–H and O–H groups in total. The van der Waals surface area contributed by atoms with E-state index in [1.807, 2.05) is 0 Å². The molecular weight excluding hydrogens is 342 g/mol. The van der Waals surface area contributed by atoms with Crippen LogP contribution < -0.4 is 4.73 Å². The number of carbonyl (C=O) groups excluding carboxylic acids is 1. The summed E-state index contributed by atoms with van der Waals surface area (Å²) in [6.07, 6.45) is 3.35. The molecule has 8 heteroatoms. The van der Waals surface area contributed by atoms with E-state index in [4.69, 9.17) is 0 Å². The minimum absolute atomic E-state index is 0.0414. The topological polar surface area (TPSA) is 84.6 Å². The van der Waals surface area contributed by atoms with Gasteiger partial charge in [-0.2, -0.15) is 9.04 Å². The number of aryl methyl sites for hydroxylation is 1. The van der Waals surface area contributed by atoms with Gasteiger partial charge in [-0.05, 0) is 25.5 Å². The van der Waals surface area contributed by atoms with Gasteiger partial charge in [-0.3, -0.25) is 4.79 Å². The van der Waals surface area contributed by atoms with Crippen molar-refractivity contribution in [2.45, 2.75) is 25.2 Å². The third-order valence-corrected chi connectivity index (χ3v) is 6.50. The predicted molar refractivity (Wildman–Crippen MR) is 93.3 cm³/mol. The molecule has 1 amide bonds. The number of sulfonamides is 1. The highest BCUT2D eigenvalue weighted by Crippen LogP contribution is 2.28. The fraction of sp³-hybridized carbons (Fsp3) is 0.412. The van der Waals surface area contributed by atoms with E-state index < -0.39 is 10.0 Å². The Labute approximate surface area is 147 Å². The Bertz CT molecular complexity index is 927. The largest absolute Gasteiger partial charge is 0.619 e. The van der Waals surface area contributed by atoms with Gasteiger partial charge in [0.2, 0.25) is 15.9 Å². The fourth-order valence-corrected chi connectivity index (χ4v) is 5.07. The summed E-state index contributed by atoms with van der Waals surface area (Å²) in [5.41, 5.74) is 0.617. The Morgan fingerprint density at radius 2 is 1.92 bits per heavy atom. The lowest BCUT2D eigenvalue weighted by atomic mass is 10.1. The smallest absolute Gasteiger partial charge is 0.243 e. The van der Waals surface area contributed by atoms with Gasteiger partial charge in [0.05, 0.1) is 4.90 Å². The van der Waals surface area contributed by atoms with Crippen LogP contribution in [0.3, 0.4) is 0 Å². The molecule has 25 heavy (non-hydrogen) atoms. The molecule has 1 aromatic heterocycles. The fourth-order valence-electron chi connectivity index (χ4n) is 3.31. The molecule has 7 nitrogen and oxygen atoms in total. The number of nitrogens with zero attached hydrogens (tertiary/aromatic N) is 3. The van der Waals surface area contributed by atoms with Gasteiger partial charge in [0.25, 0.3) is 0 Å². The molecular formula is C17H21N3O4S. The van der Waals surface area contributed by atoms with Gasteiger partial charge in [0.1, 0.15) is 0 Å². The number of hydrogen-bond donors (Lipinski definition) is 0. The summed E-state index contributed by atoms with van der Waals surface area (Å²) < 4.78 is 28.5. The molecule has 1 saturated heterocycles. The highest BCUT2D eigenvalue weighted by molar-refractivity contribution is 7.89. The van der Waals surface area contributed by atoms with E-state index >= 15 is 0 Å². The molecule has 0 bridgehead atoms. The summed E-state index contributed by atoms with van der Waals surface area (Å²) in [5.74, 6) is -0.0414. The summed E-state index contributed by atoms with van der Waals surface area (Å²) in [5, 5.41) is 12.8. The third kappa shape index (κ3) is 3.32. The average molecular weight is 363 g/mol. The predicted octanol–water partition coefficient (Wildman–Crippen LogP) is 1.02. The van der Waals surface area contributed by atoms with Crippen LogP contribution in [-0.4, -0.2) is 49.7 Å². The van der Waals surface area contributed by atoms with Crippen LogP contribution in [0.1, 0.15) is 18.9 Å². The molecule has 1 fully saturated rings. The first-order chi connectivity index (χ1) is 11.8. The van der Waals surface area contributed by atoms with Gasteiger partial charge in [-0.15, -0.1) is 0 Å². The van der Waals surface area contributed by atoms with E-state index in [9.17, 15) is 18.4 Å².